The minimum Gasteiger partial charge on any atom is -0.506 e. The zero-order valence-electron chi connectivity index (χ0n) is 15.9. The summed E-state index contributed by atoms with van der Waals surface area (Å²) in [7, 11) is 0. The van der Waals surface area contributed by atoms with Crippen LogP contribution in [0.25, 0.3) is 0 Å². The highest BCUT2D eigenvalue weighted by molar-refractivity contribution is 8.00. The zero-order valence-corrected chi connectivity index (χ0v) is 16.8. The topological polar surface area (TPSA) is 36.4 Å². The molecule has 2 aromatic rings. The van der Waals surface area contributed by atoms with E-state index in [0.717, 1.165) is 47.6 Å². The van der Waals surface area contributed by atoms with Crippen molar-refractivity contribution in [2.75, 3.05) is 19.6 Å². The summed E-state index contributed by atoms with van der Waals surface area (Å²) in [4.78, 5) is 7.71. The molecular weight excluding hydrogens is 359 g/mol. The molecule has 1 N–H and O–H groups in total. The molecule has 0 amide bonds. The Hall–Kier alpha value is -1.59. The highest BCUT2D eigenvalue weighted by atomic mass is 32.2. The monoisotopic (exact) mass is 386 g/mol. The summed E-state index contributed by atoms with van der Waals surface area (Å²) in [6.45, 7) is 7.42. The third kappa shape index (κ3) is 4.30. The summed E-state index contributed by atoms with van der Waals surface area (Å²) >= 11 is 1.73. The van der Waals surface area contributed by atoms with Gasteiger partial charge in [-0.2, -0.15) is 0 Å². The number of benzene rings is 1. The minimum atomic E-state index is -0.0751. The number of aryl methyl sites for hydroxylation is 1. The Morgan fingerprint density at radius 2 is 1.96 bits per heavy atom. The first-order chi connectivity index (χ1) is 13.0. The Balaban J connectivity index is 1.29. The number of hydrogen-bond donors (Lipinski definition) is 1. The minimum absolute atomic E-state index is 0.0751. The van der Waals surface area contributed by atoms with Crippen LogP contribution in [-0.2, 0) is 0 Å². The number of halogens is 1. The molecule has 1 aliphatic heterocycles. The van der Waals surface area contributed by atoms with Gasteiger partial charge in [0.15, 0.2) is 0 Å². The van der Waals surface area contributed by atoms with E-state index in [1.165, 1.54) is 19.0 Å². The molecule has 1 aliphatic carbocycles. The summed E-state index contributed by atoms with van der Waals surface area (Å²) in [5, 5.41) is 9.93. The highest BCUT2D eigenvalue weighted by Gasteiger charge is 2.41. The number of hydrogen-bond acceptors (Lipinski definition) is 4. The van der Waals surface area contributed by atoms with Crippen LogP contribution in [0.4, 0.5) is 4.39 Å². The molecule has 3 nitrogen and oxygen atoms in total. The van der Waals surface area contributed by atoms with Gasteiger partial charge in [-0.15, -0.1) is 11.8 Å². The SMILES string of the molecule is Cc1ccc(S[C@H]2C[C@@H]3CN(CC(C)c4ccc(O)cn4)C[C@@H]3C2)c(F)c1. The smallest absolute Gasteiger partial charge is 0.137 e. The predicted molar refractivity (Wildman–Crippen MR) is 108 cm³/mol. The fraction of sp³-hybridized carbons (Fsp3) is 0.500. The van der Waals surface area contributed by atoms with Gasteiger partial charge in [0.2, 0.25) is 0 Å². The first-order valence-electron chi connectivity index (χ1n) is 9.78. The molecule has 1 saturated heterocycles. The predicted octanol–water partition coefficient (Wildman–Crippen LogP) is 4.84. The molecule has 2 heterocycles. The van der Waals surface area contributed by atoms with Crippen LogP contribution in [0.2, 0.25) is 0 Å². The molecule has 27 heavy (non-hydrogen) atoms. The van der Waals surface area contributed by atoms with Crippen molar-refractivity contribution in [3.63, 3.8) is 0 Å². The molecule has 0 radical (unpaired) electrons. The van der Waals surface area contributed by atoms with Crippen molar-refractivity contribution in [3.8, 4) is 5.75 Å². The van der Waals surface area contributed by atoms with Gasteiger partial charge in [0, 0.05) is 41.4 Å². The Morgan fingerprint density at radius 1 is 1.22 bits per heavy atom. The average Bonchev–Trinajstić information content (AvgIpc) is 3.15. The van der Waals surface area contributed by atoms with E-state index in [0.29, 0.717) is 11.2 Å². The first kappa shape index (κ1) is 18.8. The van der Waals surface area contributed by atoms with Gasteiger partial charge in [0.25, 0.3) is 0 Å². The van der Waals surface area contributed by atoms with Crippen LogP contribution in [0, 0.1) is 24.6 Å². The summed E-state index contributed by atoms with van der Waals surface area (Å²) < 4.78 is 14.1. The average molecular weight is 387 g/mol. The molecule has 2 aliphatic rings. The number of pyridine rings is 1. The second kappa shape index (κ2) is 7.80. The Bertz CT molecular complexity index is 783. The van der Waals surface area contributed by atoms with E-state index in [-0.39, 0.29) is 11.6 Å². The maximum atomic E-state index is 14.1. The molecule has 1 aromatic heterocycles. The van der Waals surface area contributed by atoms with E-state index in [2.05, 4.69) is 16.8 Å². The number of aromatic hydroxyl groups is 1. The number of rotatable bonds is 5. The van der Waals surface area contributed by atoms with E-state index in [1.807, 2.05) is 25.1 Å². The van der Waals surface area contributed by atoms with Crippen molar-refractivity contribution < 1.29 is 9.50 Å². The molecule has 144 valence electrons. The fourth-order valence-corrected chi connectivity index (χ4v) is 6.00. The molecule has 1 saturated carbocycles. The number of nitrogens with zero attached hydrogens (tertiary/aromatic N) is 2. The third-order valence-corrected chi connectivity index (χ3v) is 7.28. The molecule has 1 aromatic carbocycles. The molecule has 4 rings (SSSR count). The standard InChI is InChI=1S/C22H27FN2OS/c1-14-3-6-22(20(23)7-14)27-19-8-16-12-25(13-17(16)9-19)11-15(2)21-5-4-18(26)10-24-21/h3-7,10,15-17,19,26H,8-9,11-13H2,1-2H3/t15?,16-,17+,19+. The van der Waals surface area contributed by atoms with E-state index in [1.54, 1.807) is 23.9 Å². The van der Waals surface area contributed by atoms with Crippen LogP contribution in [-0.4, -0.2) is 39.9 Å². The van der Waals surface area contributed by atoms with Gasteiger partial charge in [-0.05, 0) is 61.4 Å². The molecule has 2 fully saturated rings. The Kier molecular flexibility index (Phi) is 5.42. The summed E-state index contributed by atoms with van der Waals surface area (Å²) in [5.74, 6) is 1.97. The van der Waals surface area contributed by atoms with Gasteiger partial charge in [-0.25, -0.2) is 4.39 Å². The highest BCUT2D eigenvalue weighted by Crippen LogP contribution is 2.45. The lowest BCUT2D eigenvalue weighted by molar-refractivity contribution is 0.295. The Morgan fingerprint density at radius 3 is 2.59 bits per heavy atom. The third-order valence-electron chi connectivity index (χ3n) is 5.97. The second-order valence-electron chi connectivity index (χ2n) is 8.23. The van der Waals surface area contributed by atoms with Crippen LogP contribution in [0.15, 0.2) is 41.4 Å². The number of aromatic nitrogens is 1. The van der Waals surface area contributed by atoms with Gasteiger partial charge in [0.05, 0.1) is 6.20 Å². The molecule has 5 heteroatoms. The van der Waals surface area contributed by atoms with Crippen molar-refractivity contribution in [2.24, 2.45) is 11.8 Å². The maximum Gasteiger partial charge on any atom is 0.137 e. The van der Waals surface area contributed by atoms with Gasteiger partial charge >= 0.3 is 0 Å². The van der Waals surface area contributed by atoms with E-state index < -0.39 is 0 Å². The number of likely N-dealkylation sites (tertiary alicyclic amines) is 1. The number of fused-ring (bicyclic) bond motifs is 1. The van der Waals surface area contributed by atoms with Gasteiger partial charge < -0.3 is 10.0 Å². The molecule has 4 atom stereocenters. The van der Waals surface area contributed by atoms with Crippen LogP contribution < -0.4 is 0 Å². The van der Waals surface area contributed by atoms with Crippen molar-refractivity contribution in [2.45, 2.75) is 42.8 Å². The lowest BCUT2D eigenvalue weighted by atomic mass is 10.0. The van der Waals surface area contributed by atoms with Crippen LogP contribution >= 0.6 is 11.8 Å². The molecule has 0 spiro atoms. The van der Waals surface area contributed by atoms with Crippen molar-refractivity contribution in [3.05, 3.63) is 53.6 Å². The fourth-order valence-electron chi connectivity index (χ4n) is 4.64. The van der Waals surface area contributed by atoms with E-state index in [9.17, 15) is 9.50 Å². The van der Waals surface area contributed by atoms with Gasteiger partial charge in [0.1, 0.15) is 11.6 Å². The Labute approximate surface area is 165 Å². The maximum absolute atomic E-state index is 14.1. The second-order valence-corrected chi connectivity index (χ2v) is 9.57. The van der Waals surface area contributed by atoms with Crippen molar-refractivity contribution >= 4 is 11.8 Å². The lowest BCUT2D eigenvalue weighted by Gasteiger charge is -2.22. The summed E-state index contributed by atoms with van der Waals surface area (Å²) in [6, 6.07) is 9.20. The molecular formula is C22H27FN2OS. The van der Waals surface area contributed by atoms with Crippen LogP contribution in [0.1, 0.15) is 36.9 Å². The van der Waals surface area contributed by atoms with Crippen LogP contribution in [0.5, 0.6) is 5.75 Å². The van der Waals surface area contributed by atoms with E-state index >= 15 is 0 Å². The zero-order chi connectivity index (χ0) is 19.0. The van der Waals surface area contributed by atoms with Gasteiger partial charge in [-0.1, -0.05) is 13.0 Å². The quantitative estimate of drug-likeness (QED) is 0.798. The van der Waals surface area contributed by atoms with Gasteiger partial charge in [-0.3, -0.25) is 4.98 Å². The number of thioether (sulfide) groups is 1. The van der Waals surface area contributed by atoms with Crippen molar-refractivity contribution in [1.82, 2.24) is 9.88 Å². The van der Waals surface area contributed by atoms with Crippen molar-refractivity contribution in [1.29, 1.82) is 0 Å². The largest absolute Gasteiger partial charge is 0.506 e. The first-order valence-corrected chi connectivity index (χ1v) is 10.7. The summed E-state index contributed by atoms with van der Waals surface area (Å²) in [6.07, 6.45) is 3.90. The van der Waals surface area contributed by atoms with Crippen LogP contribution in [0.3, 0.4) is 0 Å². The molecule has 1 unspecified atom stereocenters. The summed E-state index contributed by atoms with van der Waals surface area (Å²) in [5.41, 5.74) is 2.01. The lowest BCUT2D eigenvalue weighted by Crippen LogP contribution is -2.27. The van der Waals surface area contributed by atoms with E-state index in [4.69, 9.17) is 0 Å². The molecule has 0 bridgehead atoms. The normalized spacial score (nSPS) is 26.3.